The lowest BCUT2D eigenvalue weighted by Crippen LogP contribution is -2.42. The molecule has 0 unspecified atom stereocenters. The molecule has 0 spiro atoms. The normalized spacial score (nSPS) is 15.1. The van der Waals surface area contributed by atoms with Crippen LogP contribution in [-0.2, 0) is 5.41 Å². The summed E-state index contributed by atoms with van der Waals surface area (Å²) in [6.45, 7) is 6.10. The van der Waals surface area contributed by atoms with Gasteiger partial charge in [-0.3, -0.25) is 0 Å². The van der Waals surface area contributed by atoms with Crippen molar-refractivity contribution in [1.82, 2.24) is 10.2 Å². The lowest BCUT2D eigenvalue weighted by Gasteiger charge is -2.23. The van der Waals surface area contributed by atoms with E-state index in [4.69, 9.17) is 9.47 Å². The van der Waals surface area contributed by atoms with Crippen molar-refractivity contribution in [1.29, 1.82) is 0 Å². The minimum Gasteiger partial charge on any atom is -0.493 e. The van der Waals surface area contributed by atoms with Crippen LogP contribution in [0.3, 0.4) is 0 Å². The Morgan fingerprint density at radius 3 is 2.32 bits per heavy atom. The molecule has 1 N–H and O–H groups in total. The van der Waals surface area contributed by atoms with Crippen LogP contribution in [0.15, 0.2) is 18.2 Å². The standard InChI is InChI=1S/C17H26N2O3/c1-5-19(6-2)16(20)18-12-17(9-10-17)13-7-8-14(21-3)15(11-13)22-4/h7-8,11H,5-6,9-10,12H2,1-4H3,(H,18,20). The molecule has 122 valence electrons. The number of rotatable bonds is 7. The molecule has 0 aliphatic heterocycles. The Morgan fingerprint density at radius 2 is 1.82 bits per heavy atom. The fourth-order valence-corrected chi connectivity index (χ4v) is 2.75. The monoisotopic (exact) mass is 306 g/mol. The molecule has 1 aliphatic carbocycles. The van der Waals surface area contributed by atoms with Crippen LogP contribution in [0.4, 0.5) is 4.79 Å². The fourth-order valence-electron chi connectivity index (χ4n) is 2.75. The number of nitrogens with zero attached hydrogens (tertiary/aromatic N) is 1. The first-order valence-corrected chi connectivity index (χ1v) is 7.85. The van der Waals surface area contributed by atoms with E-state index in [1.54, 1.807) is 19.1 Å². The number of hydrogen-bond donors (Lipinski definition) is 1. The van der Waals surface area contributed by atoms with Gasteiger partial charge in [0.15, 0.2) is 11.5 Å². The number of hydrogen-bond acceptors (Lipinski definition) is 3. The molecule has 0 atom stereocenters. The van der Waals surface area contributed by atoms with E-state index in [0.29, 0.717) is 6.54 Å². The molecule has 5 heteroatoms. The minimum atomic E-state index is 0.0109. The summed E-state index contributed by atoms with van der Waals surface area (Å²) < 4.78 is 10.7. The van der Waals surface area contributed by atoms with Gasteiger partial charge < -0.3 is 19.7 Å². The number of carbonyl (C=O) groups excluding carboxylic acids is 1. The number of methoxy groups -OCH3 is 2. The van der Waals surface area contributed by atoms with Crippen molar-refractivity contribution in [2.45, 2.75) is 32.1 Å². The number of amides is 2. The molecule has 2 amide bonds. The van der Waals surface area contributed by atoms with E-state index in [2.05, 4.69) is 11.4 Å². The summed E-state index contributed by atoms with van der Waals surface area (Å²) in [6, 6.07) is 6.03. The zero-order valence-electron chi connectivity index (χ0n) is 13.9. The first kappa shape index (κ1) is 16.5. The highest BCUT2D eigenvalue weighted by molar-refractivity contribution is 5.74. The molecule has 1 fully saturated rings. The summed E-state index contributed by atoms with van der Waals surface area (Å²) in [5, 5.41) is 3.07. The van der Waals surface area contributed by atoms with E-state index < -0.39 is 0 Å². The van der Waals surface area contributed by atoms with Crippen LogP contribution in [0.5, 0.6) is 11.5 Å². The highest BCUT2D eigenvalue weighted by atomic mass is 16.5. The second-order valence-electron chi connectivity index (χ2n) is 5.68. The Kier molecular flexibility index (Phi) is 5.16. The van der Waals surface area contributed by atoms with Gasteiger partial charge in [0.05, 0.1) is 14.2 Å². The maximum atomic E-state index is 12.1. The van der Waals surface area contributed by atoms with Crippen molar-refractivity contribution < 1.29 is 14.3 Å². The first-order valence-electron chi connectivity index (χ1n) is 7.85. The molecule has 1 aromatic carbocycles. The van der Waals surface area contributed by atoms with Gasteiger partial charge in [0, 0.05) is 25.0 Å². The summed E-state index contributed by atoms with van der Waals surface area (Å²) in [5.41, 5.74) is 1.24. The Morgan fingerprint density at radius 1 is 1.18 bits per heavy atom. The molecule has 0 saturated heterocycles. The molecule has 1 saturated carbocycles. The van der Waals surface area contributed by atoms with Gasteiger partial charge in [-0.05, 0) is 44.4 Å². The van der Waals surface area contributed by atoms with E-state index in [1.165, 1.54) is 5.56 Å². The molecular weight excluding hydrogens is 280 g/mol. The lowest BCUT2D eigenvalue weighted by molar-refractivity contribution is 0.202. The van der Waals surface area contributed by atoms with E-state index in [1.807, 2.05) is 26.0 Å². The van der Waals surface area contributed by atoms with Crippen molar-refractivity contribution >= 4 is 6.03 Å². The summed E-state index contributed by atoms with van der Waals surface area (Å²) in [5.74, 6) is 1.47. The molecule has 1 aromatic rings. The van der Waals surface area contributed by atoms with E-state index >= 15 is 0 Å². The number of ether oxygens (including phenoxy) is 2. The summed E-state index contributed by atoms with van der Waals surface area (Å²) in [7, 11) is 3.28. The predicted molar refractivity (Wildman–Crippen MR) is 86.8 cm³/mol. The van der Waals surface area contributed by atoms with Crippen LogP contribution in [0.1, 0.15) is 32.3 Å². The molecule has 0 bridgehead atoms. The average Bonchev–Trinajstić information content (AvgIpc) is 3.34. The van der Waals surface area contributed by atoms with Gasteiger partial charge in [-0.25, -0.2) is 4.79 Å². The maximum absolute atomic E-state index is 12.1. The van der Waals surface area contributed by atoms with Gasteiger partial charge in [-0.15, -0.1) is 0 Å². The third-order valence-corrected chi connectivity index (χ3v) is 4.48. The second-order valence-corrected chi connectivity index (χ2v) is 5.68. The summed E-state index contributed by atoms with van der Waals surface area (Å²) in [6.07, 6.45) is 2.17. The largest absolute Gasteiger partial charge is 0.493 e. The van der Waals surface area contributed by atoms with Gasteiger partial charge in [-0.1, -0.05) is 6.07 Å². The number of carbonyl (C=O) groups is 1. The van der Waals surface area contributed by atoms with Crippen LogP contribution in [0.25, 0.3) is 0 Å². The quantitative estimate of drug-likeness (QED) is 0.843. The first-order chi connectivity index (χ1) is 10.6. The zero-order valence-corrected chi connectivity index (χ0v) is 13.9. The summed E-state index contributed by atoms with van der Waals surface area (Å²) in [4.78, 5) is 13.9. The Hall–Kier alpha value is -1.91. The van der Waals surface area contributed by atoms with Gasteiger partial charge in [-0.2, -0.15) is 0 Å². The molecule has 0 aromatic heterocycles. The fraction of sp³-hybridized carbons (Fsp3) is 0.588. The van der Waals surface area contributed by atoms with Crippen molar-refractivity contribution in [2.24, 2.45) is 0 Å². The maximum Gasteiger partial charge on any atom is 0.317 e. The van der Waals surface area contributed by atoms with E-state index in [9.17, 15) is 4.79 Å². The Labute approximate surface area is 132 Å². The van der Waals surface area contributed by atoms with Crippen LogP contribution < -0.4 is 14.8 Å². The van der Waals surface area contributed by atoms with Crippen LogP contribution in [-0.4, -0.2) is 44.8 Å². The molecule has 2 rings (SSSR count). The molecule has 5 nitrogen and oxygen atoms in total. The third kappa shape index (κ3) is 3.29. The smallest absolute Gasteiger partial charge is 0.317 e. The van der Waals surface area contributed by atoms with E-state index in [-0.39, 0.29) is 11.4 Å². The minimum absolute atomic E-state index is 0.0109. The van der Waals surface area contributed by atoms with Crippen molar-refractivity contribution in [2.75, 3.05) is 33.9 Å². The van der Waals surface area contributed by atoms with Gasteiger partial charge in [0.2, 0.25) is 0 Å². The van der Waals surface area contributed by atoms with Crippen LogP contribution in [0.2, 0.25) is 0 Å². The van der Waals surface area contributed by atoms with E-state index in [0.717, 1.165) is 37.4 Å². The number of urea groups is 1. The van der Waals surface area contributed by atoms with Gasteiger partial charge in [0.25, 0.3) is 0 Å². The lowest BCUT2D eigenvalue weighted by atomic mass is 9.95. The molecular formula is C17H26N2O3. The molecule has 22 heavy (non-hydrogen) atoms. The van der Waals surface area contributed by atoms with Gasteiger partial charge >= 0.3 is 6.03 Å². The average molecular weight is 306 g/mol. The highest BCUT2D eigenvalue weighted by Crippen LogP contribution is 2.49. The second kappa shape index (κ2) is 6.90. The zero-order chi connectivity index (χ0) is 16.2. The van der Waals surface area contributed by atoms with Crippen molar-refractivity contribution in [3.8, 4) is 11.5 Å². The number of benzene rings is 1. The van der Waals surface area contributed by atoms with Crippen LogP contribution >= 0.6 is 0 Å². The Balaban J connectivity index is 2.07. The summed E-state index contributed by atoms with van der Waals surface area (Å²) >= 11 is 0. The number of nitrogens with one attached hydrogen (secondary N) is 1. The topological polar surface area (TPSA) is 50.8 Å². The SMILES string of the molecule is CCN(CC)C(=O)NCC1(c2ccc(OC)c(OC)c2)CC1. The molecule has 0 radical (unpaired) electrons. The van der Waals surface area contributed by atoms with Crippen molar-refractivity contribution in [3.63, 3.8) is 0 Å². The van der Waals surface area contributed by atoms with Crippen LogP contribution in [0, 0.1) is 0 Å². The highest BCUT2D eigenvalue weighted by Gasteiger charge is 2.44. The molecule has 1 aliphatic rings. The molecule has 0 heterocycles. The Bertz CT molecular complexity index is 523. The van der Waals surface area contributed by atoms with Gasteiger partial charge in [0.1, 0.15) is 0 Å². The van der Waals surface area contributed by atoms with Crippen molar-refractivity contribution in [3.05, 3.63) is 23.8 Å². The third-order valence-electron chi connectivity index (χ3n) is 4.48. The predicted octanol–water partition coefficient (Wildman–Crippen LogP) is 2.79.